The Bertz CT molecular complexity index is 2520. The minimum absolute atomic E-state index is 0.0799. The molecule has 14 heteroatoms. The Morgan fingerprint density at radius 3 is 1.30 bits per heavy atom. The van der Waals surface area contributed by atoms with Crippen molar-refractivity contribution in [2.24, 2.45) is 0 Å². The van der Waals surface area contributed by atoms with Gasteiger partial charge in [-0.2, -0.15) is 0 Å². The van der Waals surface area contributed by atoms with E-state index in [-0.39, 0.29) is 22.9 Å². The molecule has 8 rings (SSSR count). The van der Waals surface area contributed by atoms with E-state index in [9.17, 15) is 27.2 Å². The summed E-state index contributed by atoms with van der Waals surface area (Å²) in [5.74, 6) is -1.68. The molecule has 6 aromatic rings. The number of nitrogens with zero attached hydrogens (tertiary/aromatic N) is 6. The molecule has 0 N–H and O–H groups in total. The lowest BCUT2D eigenvalue weighted by molar-refractivity contribution is -0.131. The molecule has 0 spiro atoms. The van der Waals surface area contributed by atoms with Crippen LogP contribution in [0.3, 0.4) is 0 Å². The molecule has 0 unspecified atom stereocenters. The second kappa shape index (κ2) is 19.6. The smallest absolute Gasteiger partial charge is 0.250 e. The fraction of sp³-hybridized carbons (Fsp3) is 0.280. The minimum Gasteiger partial charge on any atom is -0.495 e. The van der Waals surface area contributed by atoms with Gasteiger partial charge in [0.25, 0.3) is 0 Å². The Morgan fingerprint density at radius 1 is 0.594 bits per heavy atom. The molecule has 2 aliphatic heterocycles. The molecule has 0 bridgehead atoms. The molecule has 4 aromatic carbocycles. The number of carbonyl (C=O) groups excluding carboxylic acids is 2. The molecule has 332 valence electrons. The molecule has 2 aliphatic rings. The van der Waals surface area contributed by atoms with Crippen molar-refractivity contribution in [2.45, 2.75) is 65.5 Å². The number of ether oxygens (including phenoxy) is 2. The summed E-state index contributed by atoms with van der Waals surface area (Å²) in [4.78, 5) is 37.9. The summed E-state index contributed by atoms with van der Waals surface area (Å²) in [5, 5.41) is 0. The Labute approximate surface area is 370 Å². The van der Waals surface area contributed by atoms with E-state index in [1.54, 1.807) is 40.7 Å². The molecule has 0 aliphatic carbocycles. The van der Waals surface area contributed by atoms with E-state index >= 15 is 0 Å². The van der Waals surface area contributed by atoms with Gasteiger partial charge in [0.15, 0.2) is 0 Å². The van der Waals surface area contributed by atoms with E-state index in [1.165, 1.54) is 46.2 Å². The zero-order valence-electron chi connectivity index (χ0n) is 36.6. The highest BCUT2D eigenvalue weighted by Gasteiger charge is 2.32. The predicted molar refractivity (Wildman–Crippen MR) is 237 cm³/mol. The molecule has 2 amide bonds. The lowest BCUT2D eigenvalue weighted by atomic mass is 9.97. The van der Waals surface area contributed by atoms with Crippen LogP contribution in [0.15, 0.2) is 109 Å². The van der Waals surface area contributed by atoms with Crippen LogP contribution in [0.1, 0.15) is 85.3 Å². The summed E-state index contributed by atoms with van der Waals surface area (Å²) < 4.78 is 72.0. The fourth-order valence-corrected chi connectivity index (χ4v) is 8.31. The molecular formula is C50H50F4N6O4. The van der Waals surface area contributed by atoms with Crippen LogP contribution in [0.2, 0.25) is 0 Å². The normalized spacial score (nSPS) is 16.5. The van der Waals surface area contributed by atoms with Gasteiger partial charge in [-0.15, -0.1) is 0 Å². The molecule has 64 heavy (non-hydrogen) atoms. The molecule has 0 radical (unpaired) electrons. The number of piperidine rings is 2. The Hall–Kier alpha value is -6.96. The Kier molecular flexibility index (Phi) is 13.8. The number of imidazole rings is 2. The maximum absolute atomic E-state index is 14.3. The maximum Gasteiger partial charge on any atom is 0.250 e. The summed E-state index contributed by atoms with van der Waals surface area (Å²) in [6, 6.07) is 17.5. The zero-order valence-corrected chi connectivity index (χ0v) is 36.6. The average molecular weight is 875 g/mol. The summed E-state index contributed by atoms with van der Waals surface area (Å²) in [6.07, 6.45) is 13.6. The fourth-order valence-electron chi connectivity index (χ4n) is 8.31. The number of rotatable bonds is 10. The zero-order chi connectivity index (χ0) is 45.7. The molecular weight excluding hydrogens is 825 g/mol. The van der Waals surface area contributed by atoms with Crippen LogP contribution in [0.5, 0.6) is 11.5 Å². The van der Waals surface area contributed by atoms with Crippen LogP contribution >= 0.6 is 0 Å². The number of carbonyl (C=O) groups is 2. The third-order valence-corrected chi connectivity index (χ3v) is 11.6. The van der Waals surface area contributed by atoms with E-state index in [0.29, 0.717) is 48.6 Å². The first-order valence-corrected chi connectivity index (χ1v) is 21.1. The standard InChI is InChI=1S/2C25H25F2N3O2/c2*1-16-14-29(15-28-16)22-10-9-18(13-23(22)32-3)12-19-6-5-11-30(25(19)31)17(2)24-20(26)7-4-8-21(24)27/h2*4,7-10,12-15,17H,5-6,11H2,1-3H3/b2*19-12+/t2*17-/m10/s1. The monoisotopic (exact) mass is 874 g/mol. The second-order valence-corrected chi connectivity index (χ2v) is 15.9. The number of halogens is 4. The van der Waals surface area contributed by atoms with Crippen molar-refractivity contribution in [1.82, 2.24) is 28.9 Å². The number of methoxy groups -OCH3 is 2. The molecule has 2 saturated heterocycles. The maximum atomic E-state index is 14.3. The Balaban J connectivity index is 0.000000191. The number of amides is 2. The second-order valence-electron chi connectivity index (χ2n) is 15.9. The van der Waals surface area contributed by atoms with Crippen molar-refractivity contribution in [3.05, 3.63) is 166 Å². The van der Waals surface area contributed by atoms with Crippen molar-refractivity contribution >= 4 is 24.0 Å². The molecule has 2 aromatic heterocycles. The van der Waals surface area contributed by atoms with E-state index in [2.05, 4.69) is 9.97 Å². The van der Waals surface area contributed by atoms with Gasteiger partial charge in [-0.1, -0.05) is 24.3 Å². The first-order valence-electron chi connectivity index (χ1n) is 21.1. The largest absolute Gasteiger partial charge is 0.495 e. The van der Waals surface area contributed by atoms with Crippen molar-refractivity contribution in [1.29, 1.82) is 0 Å². The van der Waals surface area contributed by atoms with E-state index in [1.807, 2.05) is 83.9 Å². The predicted octanol–water partition coefficient (Wildman–Crippen LogP) is 10.5. The van der Waals surface area contributed by atoms with E-state index < -0.39 is 35.4 Å². The van der Waals surface area contributed by atoms with Gasteiger partial charge in [0.2, 0.25) is 11.8 Å². The van der Waals surface area contributed by atoms with Gasteiger partial charge in [-0.25, -0.2) is 27.5 Å². The number of hydrogen-bond donors (Lipinski definition) is 0. The lowest BCUT2D eigenvalue weighted by Gasteiger charge is -2.34. The quantitative estimate of drug-likeness (QED) is 0.101. The Morgan fingerprint density at radius 2 is 0.969 bits per heavy atom. The molecule has 2 atom stereocenters. The topological polar surface area (TPSA) is 94.7 Å². The summed E-state index contributed by atoms with van der Waals surface area (Å²) in [6.45, 7) is 8.05. The van der Waals surface area contributed by atoms with Gasteiger partial charge < -0.3 is 28.4 Å². The van der Waals surface area contributed by atoms with Gasteiger partial charge in [-0.3, -0.25) is 9.59 Å². The van der Waals surface area contributed by atoms with Crippen molar-refractivity contribution in [3.63, 3.8) is 0 Å². The molecule has 2 fully saturated rings. The molecule has 10 nitrogen and oxygen atoms in total. The summed E-state index contributed by atoms with van der Waals surface area (Å²) >= 11 is 0. The van der Waals surface area contributed by atoms with Gasteiger partial charge in [0.1, 0.15) is 34.8 Å². The first-order chi connectivity index (χ1) is 30.8. The highest BCUT2D eigenvalue weighted by Crippen LogP contribution is 2.34. The minimum atomic E-state index is -0.700. The average Bonchev–Trinajstić information content (AvgIpc) is 3.92. The number of benzene rings is 4. The SMILES string of the molecule is COc1cc(/C=C2\CCCN([C@@H](C)c3c(F)cccc3F)C2=O)ccc1-n1cnc(C)c1.COc1cc(/C=C2\CCCN([C@H](C)c3c(F)cccc3F)C2=O)ccc1-n1cnc(C)c1. The first kappa shape index (κ1) is 45.1. The number of aromatic nitrogens is 4. The molecule has 0 saturated carbocycles. The highest BCUT2D eigenvalue weighted by molar-refractivity contribution is 5.99. The third kappa shape index (κ3) is 9.65. The van der Waals surface area contributed by atoms with Gasteiger partial charge in [-0.05, 0) is 125 Å². The van der Waals surface area contributed by atoms with Crippen molar-refractivity contribution < 1.29 is 36.6 Å². The molecule has 4 heterocycles. The number of likely N-dealkylation sites (tertiary alicyclic amines) is 2. The number of aryl methyl sites for hydroxylation is 2. The van der Waals surface area contributed by atoms with Gasteiger partial charge >= 0.3 is 0 Å². The van der Waals surface area contributed by atoms with Gasteiger partial charge in [0.05, 0.1) is 61.7 Å². The van der Waals surface area contributed by atoms with E-state index in [4.69, 9.17) is 9.47 Å². The van der Waals surface area contributed by atoms with Crippen LogP contribution in [0, 0.1) is 37.1 Å². The van der Waals surface area contributed by atoms with Gasteiger partial charge in [0, 0.05) is 47.8 Å². The van der Waals surface area contributed by atoms with Crippen LogP contribution in [0.25, 0.3) is 23.5 Å². The van der Waals surface area contributed by atoms with E-state index in [0.717, 1.165) is 46.7 Å². The lowest BCUT2D eigenvalue weighted by Crippen LogP contribution is -2.39. The summed E-state index contributed by atoms with van der Waals surface area (Å²) in [5.41, 5.74) is 6.16. The summed E-state index contributed by atoms with van der Waals surface area (Å²) in [7, 11) is 3.19. The number of hydrogen-bond acceptors (Lipinski definition) is 6. The van der Waals surface area contributed by atoms with Crippen LogP contribution < -0.4 is 9.47 Å². The van der Waals surface area contributed by atoms with Crippen molar-refractivity contribution in [3.8, 4) is 22.9 Å². The third-order valence-electron chi connectivity index (χ3n) is 11.6. The highest BCUT2D eigenvalue weighted by atomic mass is 19.1. The van der Waals surface area contributed by atoms with Crippen molar-refractivity contribution in [2.75, 3.05) is 27.3 Å². The van der Waals surface area contributed by atoms with Crippen LogP contribution in [-0.2, 0) is 9.59 Å². The van der Waals surface area contributed by atoms with Crippen LogP contribution in [0.4, 0.5) is 17.6 Å². The van der Waals surface area contributed by atoms with Crippen LogP contribution in [-0.4, -0.2) is 68.0 Å².